The molecular formula is C16H25NO2. The summed E-state index contributed by atoms with van der Waals surface area (Å²) in [6.07, 6.45) is 6.95. The molecule has 0 saturated heterocycles. The van der Waals surface area contributed by atoms with Crippen LogP contribution in [0.15, 0.2) is 35.5 Å². The molecule has 0 amide bonds. The number of hydrogen-bond acceptors (Lipinski definition) is 3. The largest absolute Gasteiger partial charge is 0.381 e. The van der Waals surface area contributed by atoms with E-state index in [1.807, 2.05) is 50.4 Å². The van der Waals surface area contributed by atoms with Gasteiger partial charge in [0.15, 0.2) is 5.75 Å². The first-order chi connectivity index (χ1) is 9.40. The molecule has 1 aromatic carbocycles. The highest BCUT2D eigenvalue weighted by molar-refractivity contribution is 5.61. The Labute approximate surface area is 116 Å². The van der Waals surface area contributed by atoms with Crippen LogP contribution in [0.2, 0.25) is 0 Å². The van der Waals surface area contributed by atoms with Crippen molar-refractivity contribution in [2.75, 3.05) is 7.11 Å². The molecule has 106 valence electrons. The van der Waals surface area contributed by atoms with Gasteiger partial charge < -0.3 is 9.57 Å². The highest BCUT2D eigenvalue weighted by atomic mass is 16.6. The van der Waals surface area contributed by atoms with E-state index >= 15 is 0 Å². The third-order valence-corrected chi connectivity index (χ3v) is 3.21. The number of rotatable bonds is 4. The van der Waals surface area contributed by atoms with Gasteiger partial charge in [0.1, 0.15) is 0 Å². The van der Waals surface area contributed by atoms with Gasteiger partial charge in [-0.1, -0.05) is 50.0 Å². The van der Waals surface area contributed by atoms with Crippen LogP contribution >= 0.6 is 0 Å². The van der Waals surface area contributed by atoms with Gasteiger partial charge in [0, 0.05) is 13.0 Å². The Hall–Kier alpha value is -1.35. The lowest BCUT2D eigenvalue weighted by atomic mass is 9.87. The van der Waals surface area contributed by atoms with Crippen LogP contribution < -0.4 is 4.84 Å². The minimum atomic E-state index is 0.298. The third kappa shape index (κ3) is 5.43. The van der Waals surface area contributed by atoms with Crippen LogP contribution in [-0.4, -0.2) is 19.4 Å². The average Bonchev–Trinajstić information content (AvgIpc) is 2.51. The Morgan fingerprint density at radius 1 is 1.11 bits per heavy atom. The third-order valence-electron chi connectivity index (χ3n) is 3.21. The number of hydrogen-bond donors (Lipinski definition) is 0. The van der Waals surface area contributed by atoms with Gasteiger partial charge in [0.2, 0.25) is 0 Å². The van der Waals surface area contributed by atoms with Crippen LogP contribution in [0.25, 0.3) is 0 Å². The van der Waals surface area contributed by atoms with Crippen molar-refractivity contribution >= 4 is 6.21 Å². The maximum absolute atomic E-state index is 5.46. The standard InChI is InChI=1S/C14H19NO2.C2H6/c1-16-14-10-6-5-7-12(14)11-15-17-13-8-3-2-4-9-13;1-2/h2-4,8-9,11-12,14H,5-7,10H2,1H3;1-2H3/b15-11+;. The molecule has 3 nitrogen and oxygen atoms in total. The zero-order chi connectivity index (χ0) is 13.9. The van der Waals surface area contributed by atoms with Gasteiger partial charge in [-0.05, 0) is 25.0 Å². The van der Waals surface area contributed by atoms with Gasteiger partial charge in [0.25, 0.3) is 0 Å². The van der Waals surface area contributed by atoms with Crippen LogP contribution in [0.1, 0.15) is 39.5 Å². The van der Waals surface area contributed by atoms with E-state index in [-0.39, 0.29) is 0 Å². The van der Waals surface area contributed by atoms with Gasteiger partial charge in [-0.3, -0.25) is 0 Å². The fourth-order valence-electron chi connectivity index (χ4n) is 2.24. The summed E-state index contributed by atoms with van der Waals surface area (Å²) in [5.74, 6) is 1.16. The first-order valence-corrected chi connectivity index (χ1v) is 7.18. The van der Waals surface area contributed by atoms with Crippen molar-refractivity contribution in [1.82, 2.24) is 0 Å². The Morgan fingerprint density at radius 3 is 2.47 bits per heavy atom. The highest BCUT2D eigenvalue weighted by Gasteiger charge is 2.23. The van der Waals surface area contributed by atoms with E-state index in [1.54, 1.807) is 7.11 Å². The van der Waals surface area contributed by atoms with Crippen molar-refractivity contribution in [2.45, 2.75) is 45.6 Å². The first kappa shape index (κ1) is 15.7. The zero-order valence-corrected chi connectivity index (χ0v) is 12.2. The molecule has 3 heteroatoms. The monoisotopic (exact) mass is 263 g/mol. The second-order valence-corrected chi connectivity index (χ2v) is 4.38. The molecular weight excluding hydrogens is 238 g/mol. The number of oxime groups is 1. The molecule has 1 saturated carbocycles. The predicted octanol–water partition coefficient (Wildman–Crippen LogP) is 4.28. The van der Waals surface area contributed by atoms with Gasteiger partial charge in [-0.25, -0.2) is 0 Å². The van der Waals surface area contributed by atoms with Crippen LogP contribution in [0.3, 0.4) is 0 Å². The minimum absolute atomic E-state index is 0.298. The van der Waals surface area contributed by atoms with Gasteiger partial charge >= 0.3 is 0 Å². The van der Waals surface area contributed by atoms with Gasteiger partial charge in [0.05, 0.1) is 12.3 Å². The minimum Gasteiger partial charge on any atom is -0.381 e. The zero-order valence-electron chi connectivity index (χ0n) is 12.2. The molecule has 19 heavy (non-hydrogen) atoms. The number of nitrogens with zero attached hydrogens (tertiary/aromatic N) is 1. The van der Waals surface area contributed by atoms with Crippen LogP contribution in [-0.2, 0) is 4.74 Å². The summed E-state index contributed by atoms with van der Waals surface area (Å²) in [5.41, 5.74) is 0. The molecule has 2 unspecified atom stereocenters. The van der Waals surface area contributed by atoms with Crippen molar-refractivity contribution < 1.29 is 9.57 Å². The normalized spacial score (nSPS) is 22.7. The summed E-state index contributed by atoms with van der Waals surface area (Å²) in [4.78, 5) is 5.32. The van der Waals surface area contributed by atoms with E-state index < -0.39 is 0 Å². The van der Waals surface area contributed by atoms with Crippen molar-refractivity contribution in [1.29, 1.82) is 0 Å². The second kappa shape index (κ2) is 9.56. The van der Waals surface area contributed by atoms with Crippen LogP contribution in [0.5, 0.6) is 5.75 Å². The molecule has 0 radical (unpaired) electrons. The quantitative estimate of drug-likeness (QED) is 0.599. The lowest BCUT2D eigenvalue weighted by Gasteiger charge is -2.27. The molecule has 1 fully saturated rings. The Bertz CT molecular complexity index is 351. The summed E-state index contributed by atoms with van der Waals surface area (Å²) in [6, 6.07) is 9.61. The maximum atomic E-state index is 5.46. The Kier molecular flexibility index (Phi) is 7.91. The maximum Gasteiger partial charge on any atom is 0.157 e. The molecule has 0 bridgehead atoms. The van der Waals surface area contributed by atoms with E-state index in [1.165, 1.54) is 12.8 Å². The predicted molar refractivity (Wildman–Crippen MR) is 79.7 cm³/mol. The fraction of sp³-hybridized carbons (Fsp3) is 0.562. The molecule has 0 aliphatic heterocycles. The Balaban J connectivity index is 0.000000861. The number of para-hydroxylation sites is 1. The van der Waals surface area contributed by atoms with E-state index in [9.17, 15) is 0 Å². The van der Waals surface area contributed by atoms with E-state index in [2.05, 4.69) is 5.16 Å². The van der Waals surface area contributed by atoms with Crippen LogP contribution in [0, 0.1) is 5.92 Å². The molecule has 2 atom stereocenters. The summed E-state index contributed by atoms with van der Waals surface area (Å²) in [5, 5.41) is 4.06. The van der Waals surface area contributed by atoms with Crippen molar-refractivity contribution in [2.24, 2.45) is 11.1 Å². The summed E-state index contributed by atoms with van der Waals surface area (Å²) in [6.45, 7) is 4.00. The Morgan fingerprint density at radius 2 is 1.79 bits per heavy atom. The molecule has 0 aromatic heterocycles. The summed E-state index contributed by atoms with van der Waals surface area (Å²) < 4.78 is 5.46. The number of ether oxygens (including phenoxy) is 1. The van der Waals surface area contributed by atoms with Gasteiger partial charge in [-0.2, -0.15) is 0 Å². The smallest absolute Gasteiger partial charge is 0.157 e. The number of benzene rings is 1. The van der Waals surface area contributed by atoms with Crippen molar-refractivity contribution in [3.8, 4) is 5.75 Å². The van der Waals surface area contributed by atoms with E-state index in [4.69, 9.17) is 9.57 Å². The topological polar surface area (TPSA) is 30.8 Å². The molecule has 2 rings (SSSR count). The second-order valence-electron chi connectivity index (χ2n) is 4.38. The molecule has 0 N–H and O–H groups in total. The molecule has 1 aromatic rings. The molecule has 1 aliphatic carbocycles. The molecule has 0 spiro atoms. The van der Waals surface area contributed by atoms with Crippen LogP contribution in [0.4, 0.5) is 0 Å². The van der Waals surface area contributed by atoms with E-state index in [0.717, 1.165) is 18.6 Å². The lowest BCUT2D eigenvalue weighted by molar-refractivity contribution is 0.0490. The van der Waals surface area contributed by atoms with E-state index in [0.29, 0.717) is 12.0 Å². The lowest BCUT2D eigenvalue weighted by Crippen LogP contribution is -2.27. The summed E-state index contributed by atoms with van der Waals surface area (Å²) in [7, 11) is 1.77. The first-order valence-electron chi connectivity index (χ1n) is 7.18. The SMILES string of the molecule is CC.COC1CCCCC1/C=N/Oc1ccccc1. The highest BCUT2D eigenvalue weighted by Crippen LogP contribution is 2.25. The summed E-state index contributed by atoms with van der Waals surface area (Å²) >= 11 is 0. The molecule has 0 heterocycles. The molecule has 1 aliphatic rings. The van der Waals surface area contributed by atoms with Gasteiger partial charge in [-0.15, -0.1) is 0 Å². The fourth-order valence-corrected chi connectivity index (χ4v) is 2.24. The van der Waals surface area contributed by atoms with Crippen molar-refractivity contribution in [3.05, 3.63) is 30.3 Å². The average molecular weight is 263 g/mol. The van der Waals surface area contributed by atoms with Crippen molar-refractivity contribution in [3.63, 3.8) is 0 Å². The number of methoxy groups -OCH3 is 1.